The van der Waals surface area contributed by atoms with Crippen LogP contribution >= 0.6 is 12.4 Å². The summed E-state index contributed by atoms with van der Waals surface area (Å²) in [4.78, 5) is 24.5. The van der Waals surface area contributed by atoms with Gasteiger partial charge < -0.3 is 16.4 Å². The third-order valence-corrected chi connectivity index (χ3v) is 4.11. The van der Waals surface area contributed by atoms with E-state index in [1.165, 1.54) is 12.1 Å². The zero-order valence-electron chi connectivity index (χ0n) is 14.2. The Labute approximate surface area is 148 Å². The third kappa shape index (κ3) is 4.68. The highest BCUT2D eigenvalue weighted by Gasteiger charge is 2.34. The molecule has 1 heterocycles. The molecule has 0 radical (unpaired) electrons. The van der Waals surface area contributed by atoms with Crippen molar-refractivity contribution >= 4 is 29.9 Å². The summed E-state index contributed by atoms with van der Waals surface area (Å²) in [5.74, 6) is -1.24. The van der Waals surface area contributed by atoms with Gasteiger partial charge in [0.25, 0.3) is 0 Å². The highest BCUT2D eigenvalue weighted by molar-refractivity contribution is 6.01. The molecule has 2 rings (SSSR count). The molecular formula is C17H25ClFN3O2. The number of benzene rings is 1. The fraction of sp³-hybridized carbons (Fsp3) is 0.529. The van der Waals surface area contributed by atoms with E-state index in [0.717, 1.165) is 6.42 Å². The van der Waals surface area contributed by atoms with Crippen LogP contribution in [0.15, 0.2) is 18.2 Å². The summed E-state index contributed by atoms with van der Waals surface area (Å²) in [7, 11) is 0. The number of rotatable bonds is 5. The second kappa shape index (κ2) is 7.94. The maximum Gasteiger partial charge on any atom is 0.228 e. The van der Waals surface area contributed by atoms with Gasteiger partial charge in [-0.25, -0.2) is 4.39 Å². The van der Waals surface area contributed by atoms with Gasteiger partial charge in [-0.2, -0.15) is 0 Å². The van der Waals surface area contributed by atoms with E-state index in [1.54, 1.807) is 6.07 Å². The van der Waals surface area contributed by atoms with E-state index in [2.05, 4.69) is 24.5 Å². The van der Waals surface area contributed by atoms with Crippen LogP contribution in [0.25, 0.3) is 0 Å². The molecule has 2 unspecified atom stereocenters. The van der Waals surface area contributed by atoms with Crippen molar-refractivity contribution in [2.45, 2.75) is 45.1 Å². The minimum atomic E-state index is -0.627. The Morgan fingerprint density at radius 2 is 2.17 bits per heavy atom. The van der Waals surface area contributed by atoms with E-state index in [1.807, 2.05) is 6.92 Å². The number of carbonyl (C=O) groups is 2. The number of carbonyl (C=O) groups excluding carboxylic acids is 2. The number of nitrogens with one attached hydrogen (secondary N) is 2. The fourth-order valence-electron chi connectivity index (χ4n) is 3.14. The second-order valence-corrected chi connectivity index (χ2v) is 6.89. The molecule has 1 aromatic carbocycles. The average molecular weight is 358 g/mol. The summed E-state index contributed by atoms with van der Waals surface area (Å²) in [5, 5.41) is 5.59. The normalized spacial score (nSPS) is 18.9. The smallest absolute Gasteiger partial charge is 0.228 e. The van der Waals surface area contributed by atoms with Crippen LogP contribution in [0.3, 0.4) is 0 Å². The van der Waals surface area contributed by atoms with Crippen molar-refractivity contribution in [3.05, 3.63) is 29.6 Å². The predicted octanol–water partition coefficient (Wildman–Crippen LogP) is 2.55. The van der Waals surface area contributed by atoms with E-state index in [0.29, 0.717) is 23.7 Å². The molecule has 0 fully saturated rings. The van der Waals surface area contributed by atoms with Crippen molar-refractivity contribution < 1.29 is 14.0 Å². The Bertz CT molecular complexity index is 624. The van der Waals surface area contributed by atoms with Crippen LogP contribution in [-0.2, 0) is 9.59 Å². The van der Waals surface area contributed by atoms with Crippen molar-refractivity contribution in [1.82, 2.24) is 5.32 Å². The highest BCUT2D eigenvalue weighted by Crippen LogP contribution is 2.33. The zero-order chi connectivity index (χ0) is 17.2. The van der Waals surface area contributed by atoms with Crippen molar-refractivity contribution in [3.8, 4) is 0 Å². The average Bonchev–Trinajstić information content (AvgIpc) is 2.44. The molecule has 134 valence electrons. The molecular weight excluding hydrogens is 333 g/mol. The van der Waals surface area contributed by atoms with E-state index in [9.17, 15) is 14.0 Å². The van der Waals surface area contributed by atoms with Crippen molar-refractivity contribution in [2.24, 2.45) is 11.7 Å². The summed E-state index contributed by atoms with van der Waals surface area (Å²) in [5.41, 5.74) is 6.30. The molecule has 5 nitrogen and oxygen atoms in total. The summed E-state index contributed by atoms with van der Waals surface area (Å²) in [6, 6.07) is 4.09. The van der Waals surface area contributed by atoms with Gasteiger partial charge in [0.1, 0.15) is 5.82 Å². The monoisotopic (exact) mass is 357 g/mol. The molecule has 1 aliphatic heterocycles. The Hall–Kier alpha value is -1.66. The van der Waals surface area contributed by atoms with E-state index < -0.39 is 17.3 Å². The van der Waals surface area contributed by atoms with Crippen LogP contribution in [-0.4, -0.2) is 23.9 Å². The molecule has 2 amide bonds. The summed E-state index contributed by atoms with van der Waals surface area (Å²) in [6.07, 6.45) is 0.789. The van der Waals surface area contributed by atoms with Crippen LogP contribution in [0.1, 0.15) is 45.1 Å². The van der Waals surface area contributed by atoms with Gasteiger partial charge >= 0.3 is 0 Å². The molecule has 1 aliphatic rings. The first-order valence-electron chi connectivity index (χ1n) is 7.85. The van der Waals surface area contributed by atoms with E-state index >= 15 is 0 Å². The lowest BCUT2D eigenvalue weighted by Gasteiger charge is -2.34. The fourth-order valence-corrected chi connectivity index (χ4v) is 3.14. The first kappa shape index (κ1) is 20.4. The third-order valence-electron chi connectivity index (χ3n) is 4.11. The molecule has 0 aliphatic carbocycles. The molecule has 0 spiro atoms. The SMILES string of the molecule is CC(C)CC(C)(CN)NC(=O)C1CC(=O)Nc2cc(F)ccc21.Cl. The standard InChI is InChI=1S/C17H24FN3O2.ClH/c1-10(2)8-17(3,9-19)21-16(23)13-7-15(22)20-14-6-11(18)4-5-12(13)14;/h4-6,10,13H,7-9,19H2,1-3H3,(H,20,22)(H,21,23);1H. The lowest BCUT2D eigenvalue weighted by atomic mass is 9.86. The molecule has 0 bridgehead atoms. The Morgan fingerprint density at radius 1 is 1.50 bits per heavy atom. The molecule has 4 N–H and O–H groups in total. The molecule has 1 aromatic rings. The minimum Gasteiger partial charge on any atom is -0.349 e. The van der Waals surface area contributed by atoms with Gasteiger partial charge in [0, 0.05) is 24.2 Å². The van der Waals surface area contributed by atoms with Gasteiger partial charge in [-0.15, -0.1) is 12.4 Å². The minimum absolute atomic E-state index is 0. The summed E-state index contributed by atoms with van der Waals surface area (Å²) < 4.78 is 13.4. The lowest BCUT2D eigenvalue weighted by Crippen LogP contribution is -2.54. The van der Waals surface area contributed by atoms with Crippen LogP contribution in [0.2, 0.25) is 0 Å². The van der Waals surface area contributed by atoms with Gasteiger partial charge in [-0.3, -0.25) is 9.59 Å². The Kier molecular flexibility index (Phi) is 6.75. The Balaban J connectivity index is 0.00000288. The number of hydrogen-bond acceptors (Lipinski definition) is 3. The predicted molar refractivity (Wildman–Crippen MR) is 94.7 cm³/mol. The molecule has 24 heavy (non-hydrogen) atoms. The zero-order valence-corrected chi connectivity index (χ0v) is 15.0. The number of anilines is 1. The first-order valence-corrected chi connectivity index (χ1v) is 7.85. The summed E-state index contributed by atoms with van der Waals surface area (Å²) in [6.45, 7) is 6.34. The largest absolute Gasteiger partial charge is 0.349 e. The maximum absolute atomic E-state index is 13.4. The first-order chi connectivity index (χ1) is 10.7. The van der Waals surface area contributed by atoms with Crippen LogP contribution in [0, 0.1) is 11.7 Å². The van der Waals surface area contributed by atoms with Gasteiger partial charge in [-0.05, 0) is 37.0 Å². The van der Waals surface area contributed by atoms with Gasteiger partial charge in [0.15, 0.2) is 0 Å². The summed E-state index contributed by atoms with van der Waals surface area (Å²) >= 11 is 0. The molecule has 0 saturated heterocycles. The van der Waals surface area contributed by atoms with E-state index in [4.69, 9.17) is 5.73 Å². The van der Waals surface area contributed by atoms with Crippen LogP contribution in [0.4, 0.5) is 10.1 Å². The topological polar surface area (TPSA) is 84.2 Å². The van der Waals surface area contributed by atoms with Gasteiger partial charge in [-0.1, -0.05) is 19.9 Å². The van der Waals surface area contributed by atoms with Crippen LogP contribution in [0.5, 0.6) is 0 Å². The van der Waals surface area contributed by atoms with Crippen molar-refractivity contribution in [3.63, 3.8) is 0 Å². The number of hydrogen-bond donors (Lipinski definition) is 3. The number of nitrogens with two attached hydrogens (primary N) is 1. The number of fused-ring (bicyclic) bond motifs is 1. The van der Waals surface area contributed by atoms with E-state index in [-0.39, 0.29) is 30.6 Å². The Morgan fingerprint density at radius 3 is 2.75 bits per heavy atom. The van der Waals surface area contributed by atoms with Gasteiger partial charge in [0.2, 0.25) is 11.8 Å². The second-order valence-electron chi connectivity index (χ2n) is 6.89. The molecule has 0 aromatic heterocycles. The molecule has 0 saturated carbocycles. The van der Waals surface area contributed by atoms with Gasteiger partial charge in [0.05, 0.1) is 5.92 Å². The maximum atomic E-state index is 13.4. The number of halogens is 2. The number of amides is 2. The van der Waals surface area contributed by atoms with Crippen LogP contribution < -0.4 is 16.4 Å². The highest BCUT2D eigenvalue weighted by atomic mass is 35.5. The molecule has 2 atom stereocenters. The van der Waals surface area contributed by atoms with Crippen molar-refractivity contribution in [1.29, 1.82) is 0 Å². The van der Waals surface area contributed by atoms with Crippen molar-refractivity contribution in [2.75, 3.05) is 11.9 Å². The lowest BCUT2D eigenvalue weighted by molar-refractivity contribution is -0.127. The quantitative estimate of drug-likeness (QED) is 0.757. The molecule has 7 heteroatoms.